The largest absolute Gasteiger partial charge is 0.325 e. The van der Waals surface area contributed by atoms with Crippen molar-refractivity contribution in [1.29, 1.82) is 0 Å². The zero-order chi connectivity index (χ0) is 19.8. The molecule has 4 aromatic rings. The van der Waals surface area contributed by atoms with E-state index < -0.39 is 0 Å². The molecule has 142 valence electrons. The number of aromatic nitrogens is 4. The molecular formula is C21H21N5O2. The van der Waals surface area contributed by atoms with E-state index in [-0.39, 0.29) is 29.6 Å². The quantitative estimate of drug-likeness (QED) is 0.594. The van der Waals surface area contributed by atoms with Gasteiger partial charge in [0.25, 0.3) is 5.56 Å². The van der Waals surface area contributed by atoms with Crippen molar-refractivity contribution in [2.75, 3.05) is 5.32 Å². The van der Waals surface area contributed by atoms with Gasteiger partial charge in [-0.25, -0.2) is 0 Å². The van der Waals surface area contributed by atoms with Crippen LogP contribution in [0.25, 0.3) is 16.7 Å². The molecule has 7 nitrogen and oxygen atoms in total. The first kappa shape index (κ1) is 17.9. The summed E-state index contributed by atoms with van der Waals surface area (Å²) < 4.78 is 3.24. The number of para-hydroxylation sites is 2. The first-order valence-electron chi connectivity index (χ1n) is 9.19. The Kier molecular flexibility index (Phi) is 4.43. The fourth-order valence-corrected chi connectivity index (χ4v) is 3.38. The fourth-order valence-electron chi connectivity index (χ4n) is 3.38. The summed E-state index contributed by atoms with van der Waals surface area (Å²) in [6, 6.07) is 15.0. The molecule has 0 radical (unpaired) electrons. The zero-order valence-electron chi connectivity index (χ0n) is 16.0. The molecule has 0 unspecified atom stereocenters. The summed E-state index contributed by atoms with van der Waals surface area (Å²) in [4.78, 5) is 25.7. The van der Waals surface area contributed by atoms with Gasteiger partial charge in [-0.3, -0.25) is 18.6 Å². The number of fused-ring (bicyclic) bond motifs is 3. The summed E-state index contributed by atoms with van der Waals surface area (Å²) >= 11 is 0. The monoisotopic (exact) mass is 375 g/mol. The number of carbonyl (C=O) groups is 1. The van der Waals surface area contributed by atoms with Crippen LogP contribution in [0.15, 0.2) is 53.3 Å². The van der Waals surface area contributed by atoms with Crippen molar-refractivity contribution in [3.8, 4) is 0 Å². The molecule has 0 aliphatic carbocycles. The highest BCUT2D eigenvalue weighted by atomic mass is 16.2. The standard InChI is InChI=1S/C21H21N5O2/c1-13(2)19-23-24-20-21(28)25(16-9-4-5-10-17(16)26(19)20)12-18(27)22-15-8-6-7-14(3)11-15/h4-11,13H,12H2,1-3H3,(H,22,27). The van der Waals surface area contributed by atoms with Crippen LogP contribution in [-0.2, 0) is 11.3 Å². The number of aryl methyl sites for hydroxylation is 1. The van der Waals surface area contributed by atoms with Crippen LogP contribution in [0.3, 0.4) is 0 Å². The van der Waals surface area contributed by atoms with Crippen LogP contribution >= 0.6 is 0 Å². The fraction of sp³-hybridized carbons (Fsp3) is 0.238. The number of hydrogen-bond donors (Lipinski definition) is 1. The SMILES string of the molecule is Cc1cccc(NC(=O)Cn2c(=O)c3nnc(C(C)C)n3c3ccccc32)c1. The van der Waals surface area contributed by atoms with Gasteiger partial charge in [0.15, 0.2) is 0 Å². The average Bonchev–Trinajstić information content (AvgIpc) is 3.11. The van der Waals surface area contributed by atoms with Gasteiger partial charge < -0.3 is 5.32 Å². The van der Waals surface area contributed by atoms with E-state index in [4.69, 9.17) is 0 Å². The van der Waals surface area contributed by atoms with E-state index in [9.17, 15) is 9.59 Å². The van der Waals surface area contributed by atoms with Crippen LogP contribution < -0.4 is 10.9 Å². The van der Waals surface area contributed by atoms with Crippen molar-refractivity contribution in [1.82, 2.24) is 19.2 Å². The Labute approximate surface area is 161 Å². The molecule has 0 aliphatic rings. The molecule has 4 rings (SSSR count). The van der Waals surface area contributed by atoms with E-state index in [1.165, 1.54) is 4.57 Å². The highest BCUT2D eigenvalue weighted by Gasteiger charge is 2.19. The molecule has 0 saturated heterocycles. The Morgan fingerprint density at radius 1 is 1.07 bits per heavy atom. The smallest absolute Gasteiger partial charge is 0.297 e. The molecule has 0 fully saturated rings. The zero-order valence-corrected chi connectivity index (χ0v) is 16.0. The summed E-state index contributed by atoms with van der Waals surface area (Å²) in [6.07, 6.45) is 0. The van der Waals surface area contributed by atoms with Gasteiger partial charge in [-0.05, 0) is 36.8 Å². The minimum absolute atomic E-state index is 0.104. The van der Waals surface area contributed by atoms with Crippen molar-refractivity contribution in [3.63, 3.8) is 0 Å². The minimum Gasteiger partial charge on any atom is -0.325 e. The molecular weight excluding hydrogens is 354 g/mol. The number of anilines is 1. The summed E-state index contributed by atoms with van der Waals surface area (Å²) in [5.41, 5.74) is 3.11. The number of benzene rings is 2. The van der Waals surface area contributed by atoms with Crippen LogP contribution in [0.1, 0.15) is 31.2 Å². The van der Waals surface area contributed by atoms with Crippen molar-refractivity contribution in [3.05, 3.63) is 70.3 Å². The first-order chi connectivity index (χ1) is 13.5. The summed E-state index contributed by atoms with van der Waals surface area (Å²) in [5.74, 6) is 0.559. The number of rotatable bonds is 4. The molecule has 2 heterocycles. The van der Waals surface area contributed by atoms with Gasteiger partial charge in [-0.1, -0.05) is 38.1 Å². The van der Waals surface area contributed by atoms with Crippen LogP contribution in [0.2, 0.25) is 0 Å². The number of nitrogens with zero attached hydrogens (tertiary/aromatic N) is 4. The lowest BCUT2D eigenvalue weighted by atomic mass is 10.2. The topological polar surface area (TPSA) is 81.3 Å². The molecule has 0 atom stereocenters. The van der Waals surface area contributed by atoms with Gasteiger partial charge in [0.1, 0.15) is 12.4 Å². The maximum atomic E-state index is 13.1. The lowest BCUT2D eigenvalue weighted by Crippen LogP contribution is -2.29. The maximum absolute atomic E-state index is 13.1. The lowest BCUT2D eigenvalue weighted by molar-refractivity contribution is -0.116. The van der Waals surface area contributed by atoms with E-state index in [2.05, 4.69) is 15.5 Å². The summed E-state index contributed by atoms with van der Waals surface area (Å²) in [7, 11) is 0. The summed E-state index contributed by atoms with van der Waals surface area (Å²) in [6.45, 7) is 5.87. The minimum atomic E-state index is -0.336. The highest BCUT2D eigenvalue weighted by Crippen LogP contribution is 2.19. The second kappa shape index (κ2) is 6.92. The molecule has 7 heteroatoms. The third kappa shape index (κ3) is 3.05. The van der Waals surface area contributed by atoms with E-state index in [0.29, 0.717) is 11.2 Å². The molecule has 28 heavy (non-hydrogen) atoms. The third-order valence-electron chi connectivity index (χ3n) is 4.66. The van der Waals surface area contributed by atoms with Gasteiger partial charge in [0.2, 0.25) is 11.6 Å². The number of carbonyl (C=O) groups excluding carboxylic acids is 1. The van der Waals surface area contributed by atoms with Crippen molar-refractivity contribution in [2.24, 2.45) is 0 Å². The van der Waals surface area contributed by atoms with Crippen LogP contribution in [0.5, 0.6) is 0 Å². The summed E-state index contributed by atoms with van der Waals surface area (Å²) in [5, 5.41) is 11.2. The molecule has 1 N–H and O–H groups in total. The highest BCUT2D eigenvalue weighted by molar-refractivity contribution is 5.91. The Morgan fingerprint density at radius 3 is 2.54 bits per heavy atom. The Bertz CT molecular complexity index is 1250. The molecule has 1 amide bonds. The van der Waals surface area contributed by atoms with Gasteiger partial charge >= 0.3 is 0 Å². The molecule has 0 saturated carbocycles. The molecule has 0 aliphatic heterocycles. The molecule has 0 bridgehead atoms. The number of nitrogens with one attached hydrogen (secondary N) is 1. The van der Waals surface area contributed by atoms with Crippen molar-refractivity contribution >= 4 is 28.3 Å². The average molecular weight is 375 g/mol. The van der Waals surface area contributed by atoms with E-state index in [1.54, 1.807) is 4.40 Å². The van der Waals surface area contributed by atoms with Crippen LogP contribution in [0, 0.1) is 6.92 Å². The first-order valence-corrected chi connectivity index (χ1v) is 9.19. The predicted molar refractivity (Wildman–Crippen MR) is 109 cm³/mol. The Hall–Kier alpha value is -3.48. The maximum Gasteiger partial charge on any atom is 0.297 e. The van der Waals surface area contributed by atoms with Crippen molar-refractivity contribution < 1.29 is 4.79 Å². The van der Waals surface area contributed by atoms with Gasteiger partial charge in [-0.15, -0.1) is 10.2 Å². The molecule has 2 aromatic carbocycles. The normalized spacial score (nSPS) is 11.4. The second-order valence-corrected chi connectivity index (χ2v) is 7.17. The lowest BCUT2D eigenvalue weighted by Gasteiger charge is -2.13. The Morgan fingerprint density at radius 2 is 1.82 bits per heavy atom. The predicted octanol–water partition coefficient (Wildman–Crippen LogP) is 3.11. The van der Waals surface area contributed by atoms with E-state index >= 15 is 0 Å². The molecule has 0 spiro atoms. The van der Waals surface area contributed by atoms with E-state index in [0.717, 1.165) is 16.9 Å². The second-order valence-electron chi connectivity index (χ2n) is 7.17. The molecule has 2 aromatic heterocycles. The van der Waals surface area contributed by atoms with Gasteiger partial charge in [0, 0.05) is 11.6 Å². The number of amides is 1. The van der Waals surface area contributed by atoms with Gasteiger partial charge in [-0.2, -0.15) is 0 Å². The van der Waals surface area contributed by atoms with E-state index in [1.807, 2.05) is 69.3 Å². The van der Waals surface area contributed by atoms with Crippen LogP contribution in [0.4, 0.5) is 5.69 Å². The Balaban J connectivity index is 1.81. The van der Waals surface area contributed by atoms with Crippen LogP contribution in [-0.4, -0.2) is 25.1 Å². The van der Waals surface area contributed by atoms with Gasteiger partial charge in [0.05, 0.1) is 11.0 Å². The third-order valence-corrected chi connectivity index (χ3v) is 4.66. The van der Waals surface area contributed by atoms with Crippen molar-refractivity contribution in [2.45, 2.75) is 33.2 Å². The number of hydrogen-bond acceptors (Lipinski definition) is 4.